The van der Waals surface area contributed by atoms with Crippen LogP contribution >= 0.6 is 0 Å². The van der Waals surface area contributed by atoms with Crippen LogP contribution in [0.25, 0.3) is 5.57 Å². The second-order valence-electron chi connectivity index (χ2n) is 13.7. The molecule has 0 bridgehead atoms. The number of allylic oxidation sites excluding steroid dienone is 1. The number of fused-ring (bicyclic) bond motifs is 4. The Morgan fingerprint density at radius 3 is 2.08 bits per heavy atom. The number of hydrogen-bond donors (Lipinski definition) is 3. The Morgan fingerprint density at radius 1 is 0.827 bits per heavy atom. The van der Waals surface area contributed by atoms with Crippen LogP contribution in [-0.2, 0) is 14.3 Å². The number of quaternary nitrogens is 1. The minimum Gasteiger partial charge on any atom is -0.488 e. The number of nitrogens with two attached hydrogens (primary N) is 2. The van der Waals surface area contributed by atoms with E-state index in [-0.39, 0.29) is 32.3 Å². The summed E-state index contributed by atoms with van der Waals surface area (Å²) in [5.74, 6) is 1.84. The van der Waals surface area contributed by atoms with Crippen molar-refractivity contribution < 1.29 is 33.4 Å². The predicted molar refractivity (Wildman–Crippen MR) is 203 cm³/mol. The number of carbonyl (C=O) groups is 2. The second kappa shape index (κ2) is 15.8. The van der Waals surface area contributed by atoms with Crippen LogP contribution in [0.15, 0.2) is 84.2 Å². The summed E-state index contributed by atoms with van der Waals surface area (Å²) in [5.41, 5.74) is 18.8. The van der Waals surface area contributed by atoms with Gasteiger partial charge in [0.1, 0.15) is 42.3 Å². The molecule has 2 amide bonds. The lowest BCUT2D eigenvalue weighted by Gasteiger charge is -2.30. The van der Waals surface area contributed by atoms with Gasteiger partial charge in [-0.2, -0.15) is 0 Å². The molecule has 1 atom stereocenters. The van der Waals surface area contributed by atoms with E-state index in [4.69, 9.17) is 30.4 Å². The molecule has 52 heavy (non-hydrogen) atoms. The molecule has 3 aromatic rings. The maximum absolute atomic E-state index is 12.3. The first-order valence-corrected chi connectivity index (χ1v) is 17.6. The fourth-order valence-electron chi connectivity index (χ4n) is 6.64. The molecule has 2 aliphatic heterocycles. The number of rotatable bonds is 7. The minimum absolute atomic E-state index is 0.00677. The van der Waals surface area contributed by atoms with Crippen molar-refractivity contribution in [3.8, 4) is 17.2 Å². The van der Waals surface area contributed by atoms with Gasteiger partial charge in [0, 0.05) is 61.7 Å². The molecule has 0 saturated heterocycles. The highest BCUT2D eigenvalue weighted by Crippen LogP contribution is 2.46. The number of carbonyl (C=O) groups excluding carboxylic acids is 2. The third kappa shape index (κ3) is 8.19. The van der Waals surface area contributed by atoms with Gasteiger partial charge in [-0.15, -0.1) is 0 Å². The first-order chi connectivity index (χ1) is 25.0. The molecule has 5 N–H and O–H groups in total. The Bertz CT molecular complexity index is 1920. The van der Waals surface area contributed by atoms with Gasteiger partial charge in [-0.25, -0.2) is 0 Å². The molecule has 1 aliphatic carbocycles. The summed E-state index contributed by atoms with van der Waals surface area (Å²) < 4.78 is 25.4. The third-order valence-corrected chi connectivity index (χ3v) is 9.32. The quantitative estimate of drug-likeness (QED) is 0.338. The maximum atomic E-state index is 12.3. The SMILES string of the molecule is Cc1ccc2c(c1)OCCOc1cc(C3=C4C=CC([NH+](C)C)C=C4Oc4cc(N(C)C)ccc43)ccc1N(CC(N)=O)CCOCCN2CC(N)=O. The van der Waals surface area contributed by atoms with Crippen molar-refractivity contribution in [3.05, 3.63) is 101 Å². The van der Waals surface area contributed by atoms with E-state index in [1.807, 2.05) is 61.2 Å². The predicted octanol–water partition coefficient (Wildman–Crippen LogP) is 2.29. The number of anilines is 3. The molecule has 0 spiro atoms. The highest BCUT2D eigenvalue weighted by molar-refractivity contribution is 5.92. The topological polar surface area (TPSA) is 137 Å². The first-order valence-electron chi connectivity index (χ1n) is 17.6. The Hall–Kier alpha value is -5.46. The van der Waals surface area contributed by atoms with Crippen molar-refractivity contribution in [3.63, 3.8) is 0 Å². The van der Waals surface area contributed by atoms with Crippen molar-refractivity contribution in [1.82, 2.24) is 0 Å². The second-order valence-corrected chi connectivity index (χ2v) is 13.7. The highest BCUT2D eigenvalue weighted by atomic mass is 16.5. The van der Waals surface area contributed by atoms with Crippen molar-refractivity contribution in [2.45, 2.75) is 13.0 Å². The Kier molecular flexibility index (Phi) is 11.1. The summed E-state index contributed by atoms with van der Waals surface area (Å²) >= 11 is 0. The number of benzene rings is 3. The van der Waals surface area contributed by atoms with Crippen molar-refractivity contribution >= 4 is 34.4 Å². The first kappa shape index (κ1) is 36.3. The number of ether oxygens (including phenoxy) is 4. The van der Waals surface area contributed by atoms with Crippen LogP contribution in [0.4, 0.5) is 17.1 Å². The summed E-state index contributed by atoms with van der Waals surface area (Å²) in [6.07, 6.45) is 6.52. The number of amides is 2. The van der Waals surface area contributed by atoms with E-state index in [1.54, 1.807) is 0 Å². The van der Waals surface area contributed by atoms with E-state index in [1.165, 1.54) is 4.90 Å². The van der Waals surface area contributed by atoms with Gasteiger partial charge in [0.2, 0.25) is 11.8 Å². The van der Waals surface area contributed by atoms with Crippen LogP contribution in [0.3, 0.4) is 0 Å². The normalized spacial score (nSPS) is 17.6. The van der Waals surface area contributed by atoms with E-state index >= 15 is 0 Å². The van der Waals surface area contributed by atoms with Gasteiger partial charge in [-0.3, -0.25) is 9.59 Å². The van der Waals surface area contributed by atoms with Crippen LogP contribution in [0.5, 0.6) is 17.2 Å². The molecule has 0 aromatic heterocycles. The zero-order valence-electron chi connectivity index (χ0n) is 30.6. The van der Waals surface area contributed by atoms with Gasteiger partial charge in [0.15, 0.2) is 0 Å². The zero-order chi connectivity index (χ0) is 36.9. The summed E-state index contributed by atoms with van der Waals surface area (Å²) in [6, 6.07) is 18.3. The number of nitrogens with zero attached hydrogens (tertiary/aromatic N) is 3. The lowest BCUT2D eigenvalue weighted by atomic mass is 9.86. The van der Waals surface area contributed by atoms with E-state index in [0.29, 0.717) is 43.5 Å². The summed E-state index contributed by atoms with van der Waals surface area (Å²) in [7, 11) is 8.27. The van der Waals surface area contributed by atoms with Gasteiger partial charge >= 0.3 is 0 Å². The summed E-state index contributed by atoms with van der Waals surface area (Å²) in [5, 5.41) is 0. The maximum Gasteiger partial charge on any atom is 0.236 e. The third-order valence-electron chi connectivity index (χ3n) is 9.32. The molecule has 12 heteroatoms. The molecule has 12 nitrogen and oxygen atoms in total. The Morgan fingerprint density at radius 2 is 1.46 bits per heavy atom. The average Bonchev–Trinajstić information content (AvgIpc) is 3.10. The van der Waals surface area contributed by atoms with Gasteiger partial charge in [0.25, 0.3) is 0 Å². The van der Waals surface area contributed by atoms with E-state index < -0.39 is 11.8 Å². The van der Waals surface area contributed by atoms with Gasteiger partial charge < -0.3 is 50.0 Å². The Labute approximate surface area is 305 Å². The molecular weight excluding hydrogens is 660 g/mol. The van der Waals surface area contributed by atoms with Gasteiger partial charge in [-0.05, 0) is 66.6 Å². The lowest BCUT2D eigenvalue weighted by Crippen LogP contribution is -3.09. The average molecular weight is 710 g/mol. The van der Waals surface area contributed by atoms with Crippen LogP contribution < -0.4 is 45.3 Å². The van der Waals surface area contributed by atoms with Crippen molar-refractivity contribution in [2.75, 3.05) is 95.5 Å². The molecule has 3 aromatic carbocycles. The van der Waals surface area contributed by atoms with Crippen LogP contribution in [0.1, 0.15) is 16.7 Å². The fraction of sp³-hybridized carbons (Fsp3) is 0.350. The zero-order valence-corrected chi connectivity index (χ0v) is 30.6. The summed E-state index contributed by atoms with van der Waals surface area (Å²) in [4.78, 5) is 31.4. The monoisotopic (exact) mass is 709 g/mol. The number of aryl methyl sites for hydroxylation is 1. The molecule has 3 aliphatic rings. The molecular formula is C40H49N6O6+. The summed E-state index contributed by atoms with van der Waals surface area (Å²) in [6.45, 7) is 3.80. The number of primary amides is 2. The van der Waals surface area contributed by atoms with Crippen molar-refractivity contribution in [2.24, 2.45) is 11.5 Å². The molecule has 0 radical (unpaired) electrons. The van der Waals surface area contributed by atoms with Gasteiger partial charge in [0.05, 0.1) is 51.8 Å². The molecule has 0 saturated carbocycles. The smallest absolute Gasteiger partial charge is 0.236 e. The molecule has 1 unspecified atom stereocenters. The standard InChI is InChI=1S/C40H48N6O6/c1-26-6-12-32-36(20-26)50-18-19-51-37-21-27(7-13-33(37)46(25-39(42)48)15-17-49-16-14-45(32)24-38(41)47)40-30-10-8-28(43(2)3)22-34(30)52-35-23-29(44(4)5)9-11-31(35)40/h6-13,20-23,28H,14-19,24-25H2,1-5H3,(H2,41,47)(H2,42,48)/p+1. The number of hydrogen-bond acceptors (Lipinski definition) is 9. The van der Waals surface area contributed by atoms with E-state index in [9.17, 15) is 9.59 Å². The van der Waals surface area contributed by atoms with Crippen LogP contribution in [-0.4, -0.2) is 98.7 Å². The van der Waals surface area contributed by atoms with E-state index in [0.717, 1.165) is 50.7 Å². The number of nitrogens with one attached hydrogen (secondary N) is 1. The van der Waals surface area contributed by atoms with Gasteiger partial charge in [-0.1, -0.05) is 12.1 Å². The fourth-order valence-corrected chi connectivity index (χ4v) is 6.64. The molecule has 2 heterocycles. The Balaban J connectivity index is 1.41. The molecule has 6 rings (SSSR count). The lowest BCUT2D eigenvalue weighted by molar-refractivity contribution is -0.871. The molecule has 0 fully saturated rings. The minimum atomic E-state index is -0.477. The number of likely N-dealkylation sites (N-methyl/N-ethyl adjacent to an activating group) is 1. The largest absolute Gasteiger partial charge is 0.488 e. The van der Waals surface area contributed by atoms with Crippen LogP contribution in [0.2, 0.25) is 0 Å². The highest BCUT2D eigenvalue weighted by Gasteiger charge is 2.30. The molecule has 274 valence electrons. The van der Waals surface area contributed by atoms with Crippen LogP contribution in [0, 0.1) is 6.92 Å². The van der Waals surface area contributed by atoms with E-state index in [2.05, 4.69) is 61.5 Å². The van der Waals surface area contributed by atoms with Crippen molar-refractivity contribution in [1.29, 1.82) is 0 Å².